The van der Waals surface area contributed by atoms with Crippen LogP contribution < -0.4 is 5.73 Å². The van der Waals surface area contributed by atoms with Crippen LogP contribution in [0.4, 0.5) is 0 Å². The van der Waals surface area contributed by atoms with E-state index in [0.29, 0.717) is 18.0 Å². The summed E-state index contributed by atoms with van der Waals surface area (Å²) >= 11 is 5.69. The fourth-order valence-corrected chi connectivity index (χ4v) is 1.14. The molecule has 0 bridgehead atoms. The van der Waals surface area contributed by atoms with Crippen molar-refractivity contribution in [3.05, 3.63) is 34.9 Å². The third kappa shape index (κ3) is 3.96. The van der Waals surface area contributed by atoms with Gasteiger partial charge in [0.2, 0.25) is 0 Å². The van der Waals surface area contributed by atoms with Crippen LogP contribution in [0.25, 0.3) is 0 Å². The van der Waals surface area contributed by atoms with Crippen LogP contribution in [0.1, 0.15) is 18.1 Å². The van der Waals surface area contributed by atoms with Crippen molar-refractivity contribution in [3.63, 3.8) is 0 Å². The highest BCUT2D eigenvalue weighted by molar-refractivity contribution is 6.30. The van der Waals surface area contributed by atoms with Crippen LogP contribution in [0.3, 0.4) is 0 Å². The van der Waals surface area contributed by atoms with E-state index >= 15 is 0 Å². The molecule has 74 valence electrons. The van der Waals surface area contributed by atoms with Crippen molar-refractivity contribution in [2.75, 3.05) is 6.54 Å². The van der Waals surface area contributed by atoms with Gasteiger partial charge in [0.25, 0.3) is 0 Å². The largest absolute Gasteiger partial charge is 0.388 e. The second-order valence-corrected chi connectivity index (χ2v) is 3.08. The molecule has 4 heteroatoms. The maximum atomic E-state index is 9.49. The number of hydrogen-bond donors (Lipinski definition) is 2. The van der Waals surface area contributed by atoms with Crippen molar-refractivity contribution in [1.29, 1.82) is 0 Å². The van der Waals surface area contributed by atoms with Gasteiger partial charge in [0.05, 0.1) is 6.10 Å². The number of rotatable bonds is 3. The number of benzene rings is 1. The average Bonchev–Trinajstić information content (AvgIpc) is 2.06. The summed E-state index contributed by atoms with van der Waals surface area (Å²) in [4.78, 5) is 0. The van der Waals surface area contributed by atoms with E-state index < -0.39 is 6.10 Å². The molecule has 0 unspecified atom stereocenters. The van der Waals surface area contributed by atoms with Crippen molar-refractivity contribution >= 4 is 24.0 Å². The lowest BCUT2D eigenvalue weighted by Crippen LogP contribution is -2.06. The Morgan fingerprint density at radius 1 is 1.31 bits per heavy atom. The van der Waals surface area contributed by atoms with Crippen LogP contribution in [0, 0.1) is 0 Å². The Hall–Kier alpha value is -0.280. The average molecular weight is 222 g/mol. The molecule has 1 aromatic rings. The fourth-order valence-electron chi connectivity index (χ4n) is 1.01. The molecule has 0 fully saturated rings. The fraction of sp³-hybridized carbons (Fsp3) is 0.333. The highest BCUT2D eigenvalue weighted by atomic mass is 35.5. The highest BCUT2D eigenvalue weighted by Crippen LogP contribution is 2.18. The molecule has 0 heterocycles. The summed E-state index contributed by atoms with van der Waals surface area (Å²) in [6.07, 6.45) is 0.119. The Bertz CT molecular complexity index is 238. The molecule has 2 nitrogen and oxygen atoms in total. The predicted octanol–water partition coefficient (Wildman–Crippen LogP) is 2.14. The molecule has 0 radical (unpaired) electrons. The summed E-state index contributed by atoms with van der Waals surface area (Å²) in [6, 6.07) is 7.14. The molecule has 1 rings (SSSR count). The number of aliphatic hydroxyl groups is 1. The minimum atomic E-state index is -0.465. The summed E-state index contributed by atoms with van der Waals surface area (Å²) in [7, 11) is 0. The summed E-state index contributed by atoms with van der Waals surface area (Å²) in [5.74, 6) is 0. The Kier molecular flexibility index (Phi) is 6.08. The Morgan fingerprint density at radius 3 is 2.31 bits per heavy atom. The van der Waals surface area contributed by atoms with E-state index in [1.54, 1.807) is 12.1 Å². The molecular weight excluding hydrogens is 209 g/mol. The first kappa shape index (κ1) is 12.7. The molecule has 0 amide bonds. The first-order valence-electron chi connectivity index (χ1n) is 3.87. The molecule has 0 aliphatic heterocycles. The SMILES string of the molecule is Cl.NCC[C@@H](O)c1ccc(Cl)cc1. The minimum absolute atomic E-state index is 0. The molecule has 0 aliphatic carbocycles. The Morgan fingerprint density at radius 2 is 1.85 bits per heavy atom. The van der Waals surface area contributed by atoms with Gasteiger partial charge in [-0.05, 0) is 30.7 Å². The summed E-state index contributed by atoms with van der Waals surface area (Å²) in [6.45, 7) is 0.490. The van der Waals surface area contributed by atoms with Gasteiger partial charge < -0.3 is 10.8 Å². The van der Waals surface area contributed by atoms with Gasteiger partial charge in [-0.25, -0.2) is 0 Å². The van der Waals surface area contributed by atoms with Crippen LogP contribution in [0.5, 0.6) is 0 Å². The van der Waals surface area contributed by atoms with E-state index in [0.717, 1.165) is 5.56 Å². The Balaban J connectivity index is 0.00000144. The number of halogens is 2. The van der Waals surface area contributed by atoms with Crippen molar-refractivity contribution in [3.8, 4) is 0 Å². The monoisotopic (exact) mass is 221 g/mol. The zero-order valence-corrected chi connectivity index (χ0v) is 8.68. The van der Waals surface area contributed by atoms with Crippen LogP contribution in [0.15, 0.2) is 24.3 Å². The highest BCUT2D eigenvalue weighted by Gasteiger charge is 2.04. The quantitative estimate of drug-likeness (QED) is 0.822. The summed E-state index contributed by atoms with van der Waals surface area (Å²) in [5, 5.41) is 10.2. The van der Waals surface area contributed by atoms with E-state index in [4.69, 9.17) is 17.3 Å². The Labute approximate surface area is 89.1 Å². The van der Waals surface area contributed by atoms with Crippen molar-refractivity contribution in [2.45, 2.75) is 12.5 Å². The van der Waals surface area contributed by atoms with Gasteiger partial charge in [-0.2, -0.15) is 0 Å². The van der Waals surface area contributed by atoms with E-state index in [-0.39, 0.29) is 12.4 Å². The first-order valence-corrected chi connectivity index (χ1v) is 4.25. The molecule has 13 heavy (non-hydrogen) atoms. The second kappa shape index (κ2) is 6.22. The number of nitrogens with two attached hydrogens (primary N) is 1. The van der Waals surface area contributed by atoms with Gasteiger partial charge in [-0.1, -0.05) is 23.7 Å². The number of aliphatic hydroxyl groups excluding tert-OH is 1. The van der Waals surface area contributed by atoms with E-state index in [9.17, 15) is 5.11 Å². The molecule has 0 spiro atoms. The first-order chi connectivity index (χ1) is 5.74. The number of hydrogen-bond acceptors (Lipinski definition) is 2. The zero-order chi connectivity index (χ0) is 8.97. The van der Waals surface area contributed by atoms with Crippen LogP contribution in [-0.4, -0.2) is 11.7 Å². The van der Waals surface area contributed by atoms with Crippen LogP contribution in [0.2, 0.25) is 5.02 Å². The predicted molar refractivity (Wildman–Crippen MR) is 57.3 cm³/mol. The minimum Gasteiger partial charge on any atom is -0.388 e. The van der Waals surface area contributed by atoms with Crippen LogP contribution in [-0.2, 0) is 0 Å². The van der Waals surface area contributed by atoms with Crippen molar-refractivity contribution in [2.24, 2.45) is 5.73 Å². The lowest BCUT2D eigenvalue weighted by Gasteiger charge is -2.08. The van der Waals surface area contributed by atoms with Gasteiger partial charge in [-0.3, -0.25) is 0 Å². The second-order valence-electron chi connectivity index (χ2n) is 2.64. The normalized spacial score (nSPS) is 11.9. The van der Waals surface area contributed by atoms with E-state index in [2.05, 4.69) is 0 Å². The topological polar surface area (TPSA) is 46.2 Å². The molecule has 3 N–H and O–H groups in total. The van der Waals surface area contributed by atoms with Gasteiger partial charge in [0.1, 0.15) is 0 Å². The molecule has 1 atom stereocenters. The molecule has 0 aromatic heterocycles. The third-order valence-electron chi connectivity index (χ3n) is 1.69. The summed E-state index contributed by atoms with van der Waals surface area (Å²) in [5.41, 5.74) is 6.18. The lowest BCUT2D eigenvalue weighted by atomic mass is 10.1. The zero-order valence-electron chi connectivity index (χ0n) is 7.11. The van der Waals surface area contributed by atoms with Gasteiger partial charge in [0.15, 0.2) is 0 Å². The van der Waals surface area contributed by atoms with E-state index in [1.807, 2.05) is 12.1 Å². The molecule has 0 saturated carbocycles. The van der Waals surface area contributed by atoms with Gasteiger partial charge in [-0.15, -0.1) is 12.4 Å². The standard InChI is InChI=1S/C9H12ClNO.ClH/c10-8-3-1-7(2-4-8)9(12)5-6-11;/h1-4,9,12H,5-6,11H2;1H/t9-;/m1./s1. The third-order valence-corrected chi connectivity index (χ3v) is 1.95. The molecule has 0 aliphatic rings. The lowest BCUT2D eigenvalue weighted by molar-refractivity contribution is 0.170. The molecule has 0 saturated heterocycles. The van der Waals surface area contributed by atoms with Gasteiger partial charge >= 0.3 is 0 Å². The molecule has 1 aromatic carbocycles. The molecular formula is C9H13Cl2NO. The summed E-state index contributed by atoms with van der Waals surface area (Å²) < 4.78 is 0. The smallest absolute Gasteiger partial charge is 0.0802 e. The van der Waals surface area contributed by atoms with Crippen molar-refractivity contribution in [1.82, 2.24) is 0 Å². The van der Waals surface area contributed by atoms with Crippen molar-refractivity contribution < 1.29 is 5.11 Å². The van der Waals surface area contributed by atoms with Crippen LogP contribution >= 0.6 is 24.0 Å². The van der Waals surface area contributed by atoms with Gasteiger partial charge in [0, 0.05) is 5.02 Å². The van der Waals surface area contributed by atoms with E-state index in [1.165, 1.54) is 0 Å². The maximum Gasteiger partial charge on any atom is 0.0802 e. The maximum absolute atomic E-state index is 9.49.